The van der Waals surface area contributed by atoms with Crippen LogP contribution in [0.15, 0.2) is 12.2 Å². The van der Waals surface area contributed by atoms with Crippen LogP contribution in [0.3, 0.4) is 0 Å². The summed E-state index contributed by atoms with van der Waals surface area (Å²) in [6.45, 7) is 0.570. The van der Waals surface area contributed by atoms with Crippen molar-refractivity contribution >= 4 is 12.3 Å². The van der Waals surface area contributed by atoms with Gasteiger partial charge < -0.3 is 18.9 Å². The monoisotopic (exact) mass is 270 g/mol. The summed E-state index contributed by atoms with van der Waals surface area (Å²) in [5.74, 6) is 1.08. The number of rotatable bonds is 4. The average Bonchev–Trinajstić information content (AvgIpc) is 3.02. The van der Waals surface area contributed by atoms with Gasteiger partial charge in [-0.05, 0) is 18.3 Å². The van der Waals surface area contributed by atoms with Crippen molar-refractivity contribution < 1.29 is 28.5 Å². The normalized spacial score (nSPS) is 31.1. The van der Waals surface area contributed by atoms with E-state index in [1.54, 1.807) is 0 Å². The fourth-order valence-corrected chi connectivity index (χ4v) is 2.97. The molecule has 0 aromatic carbocycles. The predicted molar refractivity (Wildman–Crippen MR) is 64.4 cm³/mol. The van der Waals surface area contributed by atoms with Crippen LogP contribution in [0.2, 0.25) is 0 Å². The molecule has 0 N–H and O–H groups in total. The summed E-state index contributed by atoms with van der Waals surface area (Å²) >= 11 is 0. The molecule has 2 rings (SSSR count). The molecule has 1 saturated carbocycles. The molecule has 4 unspecified atom stereocenters. The van der Waals surface area contributed by atoms with Gasteiger partial charge in [-0.3, -0.25) is 0 Å². The number of fused-ring (bicyclic) bond motifs is 2. The zero-order chi connectivity index (χ0) is 13.8. The molecule has 4 atom stereocenters. The summed E-state index contributed by atoms with van der Waals surface area (Å²) in [6, 6.07) is 0. The largest absolute Gasteiger partial charge is 0.507 e. The van der Waals surface area contributed by atoms with Crippen LogP contribution in [0.1, 0.15) is 6.42 Å². The number of hydrogen-bond donors (Lipinski definition) is 0. The highest BCUT2D eigenvalue weighted by Gasteiger charge is 2.45. The zero-order valence-corrected chi connectivity index (χ0v) is 11.0. The van der Waals surface area contributed by atoms with Gasteiger partial charge >= 0.3 is 12.3 Å². The molecule has 0 radical (unpaired) electrons. The molecule has 0 amide bonds. The van der Waals surface area contributed by atoms with Gasteiger partial charge in [0.1, 0.15) is 0 Å². The maximum absolute atomic E-state index is 11.0. The molecule has 6 heteroatoms. The number of ether oxygens (including phenoxy) is 4. The highest BCUT2D eigenvalue weighted by atomic mass is 16.7. The molecule has 0 spiro atoms. The second kappa shape index (κ2) is 5.95. The molecule has 2 aliphatic carbocycles. The Morgan fingerprint density at radius 1 is 0.947 bits per heavy atom. The van der Waals surface area contributed by atoms with Crippen LogP contribution in [0.5, 0.6) is 0 Å². The van der Waals surface area contributed by atoms with E-state index in [1.165, 1.54) is 14.2 Å². The fourth-order valence-electron chi connectivity index (χ4n) is 2.97. The Morgan fingerprint density at radius 2 is 1.37 bits per heavy atom. The molecule has 19 heavy (non-hydrogen) atoms. The van der Waals surface area contributed by atoms with Crippen molar-refractivity contribution in [2.45, 2.75) is 6.42 Å². The van der Waals surface area contributed by atoms with Crippen LogP contribution in [0, 0.1) is 23.7 Å². The van der Waals surface area contributed by atoms with Gasteiger partial charge in [0.25, 0.3) is 0 Å². The van der Waals surface area contributed by atoms with E-state index in [2.05, 4.69) is 21.6 Å². The van der Waals surface area contributed by atoms with E-state index in [9.17, 15) is 9.59 Å². The van der Waals surface area contributed by atoms with E-state index in [0.717, 1.165) is 6.42 Å². The number of hydrogen-bond acceptors (Lipinski definition) is 6. The molecule has 0 aliphatic heterocycles. The minimum atomic E-state index is -0.681. The standard InChI is InChI=1S/C13H18O6/c1-16-12(14)18-6-10-8-3-4-9(5-8)11(10)7-19-13(15)17-2/h3-4,8-11H,5-7H2,1-2H3. The number of carbonyl (C=O) groups is 2. The first kappa shape index (κ1) is 13.7. The summed E-state index contributed by atoms with van der Waals surface area (Å²) in [5, 5.41) is 0. The second-order valence-corrected chi connectivity index (χ2v) is 4.81. The lowest BCUT2D eigenvalue weighted by molar-refractivity contribution is 0.0224. The Kier molecular flexibility index (Phi) is 4.29. The third-order valence-electron chi connectivity index (χ3n) is 3.92. The van der Waals surface area contributed by atoms with Gasteiger partial charge in [-0.1, -0.05) is 12.2 Å². The predicted octanol–water partition coefficient (Wildman–Crippen LogP) is 1.99. The highest BCUT2D eigenvalue weighted by molar-refractivity contribution is 5.60. The third-order valence-corrected chi connectivity index (χ3v) is 3.92. The van der Waals surface area contributed by atoms with E-state index in [-0.39, 0.29) is 25.0 Å². The molecule has 1 fully saturated rings. The summed E-state index contributed by atoms with van der Waals surface area (Å²) in [7, 11) is 2.56. The third kappa shape index (κ3) is 3.00. The van der Waals surface area contributed by atoms with Crippen LogP contribution in [0.4, 0.5) is 9.59 Å². The van der Waals surface area contributed by atoms with E-state index in [0.29, 0.717) is 11.8 Å². The quantitative estimate of drug-likeness (QED) is 0.574. The molecule has 0 aromatic rings. The molecule has 6 nitrogen and oxygen atoms in total. The molecule has 2 aliphatic rings. The smallest absolute Gasteiger partial charge is 0.438 e. The molecule has 0 saturated heterocycles. The molecule has 0 heterocycles. The Morgan fingerprint density at radius 3 is 1.74 bits per heavy atom. The van der Waals surface area contributed by atoms with Crippen LogP contribution in [-0.2, 0) is 18.9 Å². The van der Waals surface area contributed by atoms with Gasteiger partial charge in [0, 0.05) is 11.8 Å². The van der Waals surface area contributed by atoms with E-state index in [4.69, 9.17) is 9.47 Å². The first-order chi connectivity index (χ1) is 9.15. The number of carbonyl (C=O) groups excluding carboxylic acids is 2. The van der Waals surface area contributed by atoms with E-state index >= 15 is 0 Å². The Balaban J connectivity index is 1.89. The summed E-state index contributed by atoms with van der Waals surface area (Å²) in [6.07, 6.45) is 3.94. The molecule has 2 bridgehead atoms. The Labute approximate surface area is 111 Å². The summed E-state index contributed by atoms with van der Waals surface area (Å²) in [5.41, 5.74) is 0. The molecular formula is C13H18O6. The van der Waals surface area contributed by atoms with Crippen molar-refractivity contribution in [2.24, 2.45) is 23.7 Å². The Hall–Kier alpha value is -1.72. The van der Waals surface area contributed by atoms with Crippen LogP contribution >= 0.6 is 0 Å². The fraction of sp³-hybridized carbons (Fsp3) is 0.692. The van der Waals surface area contributed by atoms with Crippen molar-refractivity contribution in [3.05, 3.63) is 12.2 Å². The maximum Gasteiger partial charge on any atom is 0.507 e. The van der Waals surface area contributed by atoms with Gasteiger partial charge in [-0.15, -0.1) is 0 Å². The Bertz CT molecular complexity index is 343. The van der Waals surface area contributed by atoms with E-state index < -0.39 is 12.3 Å². The minimum absolute atomic E-state index is 0.166. The van der Waals surface area contributed by atoms with Gasteiger partial charge in [0.05, 0.1) is 27.4 Å². The molecular weight excluding hydrogens is 252 g/mol. The van der Waals surface area contributed by atoms with Crippen molar-refractivity contribution in [3.63, 3.8) is 0 Å². The van der Waals surface area contributed by atoms with Gasteiger partial charge in [-0.25, -0.2) is 9.59 Å². The van der Waals surface area contributed by atoms with E-state index in [1.807, 2.05) is 0 Å². The SMILES string of the molecule is COC(=O)OCC1C2C=CC(C2)C1COC(=O)OC. The summed E-state index contributed by atoms with van der Waals surface area (Å²) in [4.78, 5) is 22.1. The van der Waals surface area contributed by atoms with Crippen LogP contribution < -0.4 is 0 Å². The van der Waals surface area contributed by atoms with Crippen molar-refractivity contribution in [1.29, 1.82) is 0 Å². The molecule has 0 aromatic heterocycles. The van der Waals surface area contributed by atoms with Gasteiger partial charge in [-0.2, -0.15) is 0 Å². The van der Waals surface area contributed by atoms with Crippen LogP contribution in [0.25, 0.3) is 0 Å². The summed E-state index contributed by atoms with van der Waals surface area (Å²) < 4.78 is 19.0. The topological polar surface area (TPSA) is 71.1 Å². The average molecular weight is 270 g/mol. The van der Waals surface area contributed by atoms with Crippen molar-refractivity contribution in [2.75, 3.05) is 27.4 Å². The lowest BCUT2D eigenvalue weighted by Crippen LogP contribution is -2.29. The minimum Gasteiger partial charge on any atom is -0.438 e. The molecule has 106 valence electrons. The lowest BCUT2D eigenvalue weighted by Gasteiger charge is -2.26. The van der Waals surface area contributed by atoms with Gasteiger partial charge in [0.2, 0.25) is 0 Å². The van der Waals surface area contributed by atoms with Crippen LogP contribution in [-0.4, -0.2) is 39.7 Å². The maximum atomic E-state index is 11.0. The number of methoxy groups -OCH3 is 2. The zero-order valence-electron chi connectivity index (χ0n) is 11.0. The van der Waals surface area contributed by atoms with Crippen molar-refractivity contribution in [3.8, 4) is 0 Å². The lowest BCUT2D eigenvalue weighted by atomic mass is 9.84. The first-order valence-corrected chi connectivity index (χ1v) is 6.25. The second-order valence-electron chi connectivity index (χ2n) is 4.81. The van der Waals surface area contributed by atoms with Gasteiger partial charge in [0.15, 0.2) is 0 Å². The highest BCUT2D eigenvalue weighted by Crippen LogP contribution is 2.48. The number of allylic oxidation sites excluding steroid dienone is 2. The first-order valence-electron chi connectivity index (χ1n) is 6.25. The van der Waals surface area contributed by atoms with Crippen molar-refractivity contribution in [1.82, 2.24) is 0 Å².